The Bertz CT molecular complexity index is 891. The third-order valence-electron chi connectivity index (χ3n) is 4.49. The lowest BCUT2D eigenvalue weighted by Crippen LogP contribution is -2.40. The van der Waals surface area contributed by atoms with E-state index in [0.717, 1.165) is 30.2 Å². The Morgan fingerprint density at radius 3 is 2.64 bits per heavy atom. The summed E-state index contributed by atoms with van der Waals surface area (Å²) >= 11 is 0. The second kappa shape index (κ2) is 8.47. The van der Waals surface area contributed by atoms with Crippen molar-refractivity contribution in [3.8, 4) is 0 Å². The molecule has 0 saturated carbocycles. The summed E-state index contributed by atoms with van der Waals surface area (Å²) in [6, 6.07) is 10.8. The minimum atomic E-state index is -0.785. The lowest BCUT2D eigenvalue weighted by molar-refractivity contribution is -0.384. The van der Waals surface area contributed by atoms with Crippen LogP contribution in [-0.2, 0) is 4.79 Å². The Morgan fingerprint density at radius 2 is 2.00 bits per heavy atom. The van der Waals surface area contributed by atoms with Crippen LogP contribution in [0.2, 0.25) is 0 Å². The van der Waals surface area contributed by atoms with Gasteiger partial charge in [-0.1, -0.05) is 30.3 Å². The zero-order valence-electron chi connectivity index (χ0n) is 14.9. The second-order valence-corrected chi connectivity index (χ2v) is 6.43. The summed E-state index contributed by atoms with van der Waals surface area (Å²) in [6.45, 7) is 0.901. The molecule has 2 N–H and O–H groups in total. The number of benzene rings is 2. The van der Waals surface area contributed by atoms with Gasteiger partial charge in [0.05, 0.1) is 16.7 Å². The van der Waals surface area contributed by atoms with Crippen molar-refractivity contribution >= 4 is 23.3 Å². The van der Waals surface area contributed by atoms with E-state index < -0.39 is 22.8 Å². The quantitative estimate of drug-likeness (QED) is 0.587. The molecule has 8 nitrogen and oxygen atoms in total. The summed E-state index contributed by atoms with van der Waals surface area (Å²) < 4.78 is 13.9. The highest BCUT2D eigenvalue weighted by atomic mass is 19.1. The summed E-state index contributed by atoms with van der Waals surface area (Å²) in [5.41, 5.74) is 0.159. The van der Waals surface area contributed by atoms with E-state index >= 15 is 0 Å². The van der Waals surface area contributed by atoms with Crippen LogP contribution in [0.1, 0.15) is 24.4 Å². The summed E-state index contributed by atoms with van der Waals surface area (Å²) in [6.07, 6.45) is 1.25. The fourth-order valence-electron chi connectivity index (χ4n) is 3.08. The fraction of sp³-hybridized carbons (Fsp3) is 0.263. The van der Waals surface area contributed by atoms with Crippen LogP contribution in [0.25, 0.3) is 0 Å². The minimum absolute atomic E-state index is 0.0212. The molecule has 9 heteroatoms. The molecule has 3 amide bonds. The zero-order chi connectivity index (χ0) is 20.1. The molecule has 1 heterocycles. The van der Waals surface area contributed by atoms with Crippen LogP contribution < -0.4 is 10.6 Å². The molecule has 1 aliphatic heterocycles. The van der Waals surface area contributed by atoms with Gasteiger partial charge in [0.15, 0.2) is 0 Å². The number of urea groups is 1. The van der Waals surface area contributed by atoms with Crippen molar-refractivity contribution in [3.05, 3.63) is 70.0 Å². The maximum absolute atomic E-state index is 13.9. The predicted octanol–water partition coefficient (Wildman–Crippen LogP) is 3.22. The number of carbonyl (C=O) groups excluding carboxylic acids is 2. The Hall–Kier alpha value is -3.49. The number of likely N-dealkylation sites (tertiary alicyclic amines) is 1. The highest BCUT2D eigenvalue weighted by Gasteiger charge is 2.25. The predicted molar refractivity (Wildman–Crippen MR) is 100 cm³/mol. The minimum Gasteiger partial charge on any atom is -0.340 e. The van der Waals surface area contributed by atoms with Gasteiger partial charge in [0.25, 0.3) is 5.69 Å². The van der Waals surface area contributed by atoms with Crippen LogP contribution in [0.15, 0.2) is 48.5 Å². The molecule has 0 radical (unpaired) electrons. The molecule has 1 saturated heterocycles. The van der Waals surface area contributed by atoms with Crippen LogP contribution in [-0.4, -0.2) is 34.9 Å². The fourth-order valence-corrected chi connectivity index (χ4v) is 3.08. The van der Waals surface area contributed by atoms with E-state index in [1.165, 1.54) is 0 Å². The van der Waals surface area contributed by atoms with E-state index in [-0.39, 0.29) is 23.8 Å². The molecule has 28 heavy (non-hydrogen) atoms. The first-order chi connectivity index (χ1) is 13.4. The van der Waals surface area contributed by atoms with E-state index in [1.807, 2.05) is 30.3 Å². The molecule has 146 valence electrons. The summed E-state index contributed by atoms with van der Waals surface area (Å²) in [5, 5.41) is 15.9. The molecule has 1 unspecified atom stereocenters. The third-order valence-corrected chi connectivity index (χ3v) is 4.49. The molecule has 0 spiro atoms. The molecular formula is C19H19FN4O4. The van der Waals surface area contributed by atoms with Gasteiger partial charge in [-0.15, -0.1) is 0 Å². The van der Waals surface area contributed by atoms with Crippen LogP contribution in [0, 0.1) is 15.9 Å². The molecule has 0 bridgehead atoms. The summed E-state index contributed by atoms with van der Waals surface area (Å²) in [4.78, 5) is 36.2. The number of nitro groups is 1. The molecule has 3 rings (SSSR count). The molecule has 0 aliphatic carbocycles. The average Bonchev–Trinajstić information content (AvgIpc) is 3.08. The standard InChI is InChI=1S/C19H19FN4O4/c20-15-9-8-14(24(27)28)11-16(15)21-19(26)22-17(13-5-2-1-3-6-13)12-23-10-4-7-18(23)25/h1-3,5-6,8-9,11,17H,4,7,10,12H2,(H2,21,22,26). The van der Waals surface area contributed by atoms with Crippen molar-refractivity contribution in [2.75, 3.05) is 18.4 Å². The lowest BCUT2D eigenvalue weighted by atomic mass is 10.1. The van der Waals surface area contributed by atoms with Gasteiger partial charge in [-0.3, -0.25) is 14.9 Å². The average molecular weight is 386 g/mol. The molecule has 1 aliphatic rings. The number of nitrogens with zero attached hydrogens (tertiary/aromatic N) is 2. The number of anilines is 1. The van der Waals surface area contributed by atoms with Gasteiger partial charge in [-0.05, 0) is 18.1 Å². The first-order valence-electron chi connectivity index (χ1n) is 8.78. The Morgan fingerprint density at radius 1 is 1.25 bits per heavy atom. The largest absolute Gasteiger partial charge is 0.340 e. The lowest BCUT2D eigenvalue weighted by Gasteiger charge is -2.25. The second-order valence-electron chi connectivity index (χ2n) is 6.43. The highest BCUT2D eigenvalue weighted by Crippen LogP contribution is 2.22. The molecule has 1 fully saturated rings. The van der Waals surface area contributed by atoms with Gasteiger partial charge in [-0.2, -0.15) is 0 Å². The number of carbonyl (C=O) groups is 2. The van der Waals surface area contributed by atoms with Gasteiger partial charge in [0.2, 0.25) is 5.91 Å². The number of rotatable bonds is 6. The van der Waals surface area contributed by atoms with E-state index in [0.29, 0.717) is 13.0 Å². The zero-order valence-corrected chi connectivity index (χ0v) is 14.9. The van der Waals surface area contributed by atoms with Crippen molar-refractivity contribution in [2.24, 2.45) is 0 Å². The van der Waals surface area contributed by atoms with Crippen molar-refractivity contribution in [2.45, 2.75) is 18.9 Å². The van der Waals surface area contributed by atoms with Crippen molar-refractivity contribution in [1.82, 2.24) is 10.2 Å². The van der Waals surface area contributed by atoms with E-state index in [9.17, 15) is 24.1 Å². The number of hydrogen-bond donors (Lipinski definition) is 2. The number of hydrogen-bond acceptors (Lipinski definition) is 4. The third kappa shape index (κ3) is 4.61. The Kier molecular flexibility index (Phi) is 5.83. The van der Waals surface area contributed by atoms with Crippen LogP contribution in [0.5, 0.6) is 0 Å². The Balaban J connectivity index is 1.75. The molecule has 2 aromatic rings. The van der Waals surface area contributed by atoms with Crippen LogP contribution in [0.3, 0.4) is 0 Å². The van der Waals surface area contributed by atoms with Crippen LogP contribution >= 0.6 is 0 Å². The first kappa shape index (κ1) is 19.3. The van der Waals surface area contributed by atoms with Gasteiger partial charge in [0.1, 0.15) is 5.82 Å². The van der Waals surface area contributed by atoms with Gasteiger partial charge < -0.3 is 15.5 Å². The van der Waals surface area contributed by atoms with Crippen molar-refractivity contribution < 1.29 is 18.9 Å². The molecule has 1 atom stereocenters. The SMILES string of the molecule is O=C(Nc1cc([N+](=O)[O-])ccc1F)NC(CN1CCCC1=O)c1ccccc1. The number of amides is 3. The van der Waals surface area contributed by atoms with Crippen molar-refractivity contribution in [1.29, 1.82) is 0 Å². The molecular weight excluding hydrogens is 367 g/mol. The van der Waals surface area contributed by atoms with Gasteiger partial charge in [0, 0.05) is 31.6 Å². The Labute approximate surface area is 160 Å². The van der Waals surface area contributed by atoms with E-state index in [2.05, 4.69) is 10.6 Å². The number of nitro benzene ring substituents is 1. The summed E-state index contributed by atoms with van der Waals surface area (Å²) in [5.74, 6) is -0.764. The normalized spacial score (nSPS) is 14.6. The monoisotopic (exact) mass is 386 g/mol. The smallest absolute Gasteiger partial charge is 0.319 e. The summed E-state index contributed by atoms with van der Waals surface area (Å²) in [7, 11) is 0. The molecule has 0 aromatic heterocycles. The van der Waals surface area contributed by atoms with Crippen LogP contribution in [0.4, 0.5) is 20.6 Å². The topological polar surface area (TPSA) is 105 Å². The van der Waals surface area contributed by atoms with Gasteiger partial charge in [-0.25, -0.2) is 9.18 Å². The molecule has 2 aromatic carbocycles. The van der Waals surface area contributed by atoms with Gasteiger partial charge >= 0.3 is 6.03 Å². The van der Waals surface area contributed by atoms with Crippen molar-refractivity contribution in [3.63, 3.8) is 0 Å². The first-order valence-corrected chi connectivity index (χ1v) is 8.78. The highest BCUT2D eigenvalue weighted by molar-refractivity contribution is 5.90. The number of nitrogens with one attached hydrogen (secondary N) is 2. The van der Waals surface area contributed by atoms with E-state index in [1.54, 1.807) is 4.90 Å². The maximum Gasteiger partial charge on any atom is 0.319 e. The number of halogens is 1. The number of non-ortho nitro benzene ring substituents is 1. The maximum atomic E-state index is 13.9. The van der Waals surface area contributed by atoms with E-state index in [4.69, 9.17) is 0 Å².